The van der Waals surface area contributed by atoms with Gasteiger partial charge in [-0.1, -0.05) is 0 Å². The molecule has 0 aliphatic carbocycles. The molecule has 0 N–H and O–H groups in total. The molecule has 0 saturated carbocycles. The average Bonchev–Trinajstić information content (AvgIpc) is 2.38. The van der Waals surface area contributed by atoms with Crippen LogP contribution in [0.25, 0.3) is 0 Å². The molecule has 2 heteroatoms. The number of rotatable bonds is 4. The van der Waals surface area contributed by atoms with E-state index in [-0.39, 0.29) is 0 Å². The second-order valence-corrected chi connectivity index (χ2v) is 6.07. The van der Waals surface area contributed by atoms with Gasteiger partial charge in [-0.2, -0.15) is 0 Å². The molecule has 0 saturated heterocycles. The molecule has 0 aliphatic heterocycles. The average molecular weight is 317 g/mol. The zero-order valence-corrected chi connectivity index (χ0v) is 12.3. The number of hydrogen-bond donors (Lipinski definition) is 0. The van der Waals surface area contributed by atoms with Gasteiger partial charge in [-0.25, -0.2) is 0 Å². The Morgan fingerprint density at radius 3 is 1.62 bits per heavy atom. The van der Waals surface area contributed by atoms with E-state index in [2.05, 4.69) is 24.3 Å². The zero-order valence-electron chi connectivity index (χ0n) is 9.04. The van der Waals surface area contributed by atoms with Gasteiger partial charge in [0, 0.05) is 0 Å². The standard InChI is InChI=1S/C14H13.O.Sn.H/c1-12(13-8-4-2-5-9-13)14-10-6-3-7-11-14;;;/h2-12H,1H2;;;. The number of hydrogen-bond acceptors (Lipinski definition) is 1. The van der Waals surface area contributed by atoms with Gasteiger partial charge in [0.15, 0.2) is 0 Å². The summed E-state index contributed by atoms with van der Waals surface area (Å²) in [7, 11) is 0. The van der Waals surface area contributed by atoms with Crippen LogP contribution in [-0.2, 0) is 3.08 Å². The van der Waals surface area contributed by atoms with Crippen LogP contribution in [-0.4, -0.2) is 21.1 Å². The van der Waals surface area contributed by atoms with Crippen molar-refractivity contribution in [1.82, 2.24) is 0 Å². The third-order valence-corrected chi connectivity index (χ3v) is 4.63. The van der Waals surface area contributed by atoms with Crippen LogP contribution < -0.4 is 0 Å². The van der Waals surface area contributed by atoms with E-state index in [0.717, 1.165) is 4.44 Å². The van der Waals surface area contributed by atoms with Crippen LogP contribution in [0.2, 0.25) is 4.44 Å². The van der Waals surface area contributed by atoms with E-state index in [1.165, 1.54) is 11.1 Å². The summed E-state index contributed by atoms with van der Waals surface area (Å²) in [5, 5.41) is 0. The first kappa shape index (κ1) is 11.5. The summed E-state index contributed by atoms with van der Waals surface area (Å²) in [6.07, 6.45) is 0. The minimum atomic E-state index is -1.59. The Balaban J connectivity index is 2.35. The molecule has 80 valence electrons. The van der Waals surface area contributed by atoms with E-state index >= 15 is 0 Å². The van der Waals surface area contributed by atoms with Crippen LogP contribution in [0.5, 0.6) is 0 Å². The summed E-state index contributed by atoms with van der Waals surface area (Å²) in [6, 6.07) is 20.7. The van der Waals surface area contributed by atoms with Crippen LogP contribution in [0.4, 0.5) is 0 Å². The Hall–Kier alpha value is -0.961. The molecule has 1 nitrogen and oxygen atoms in total. The van der Waals surface area contributed by atoms with E-state index in [9.17, 15) is 3.08 Å². The van der Waals surface area contributed by atoms with Crippen molar-refractivity contribution in [3.63, 3.8) is 0 Å². The summed E-state index contributed by atoms with van der Waals surface area (Å²) < 4.78 is 11.9. The van der Waals surface area contributed by atoms with Crippen LogP contribution in [0.15, 0.2) is 60.7 Å². The van der Waals surface area contributed by atoms with Gasteiger partial charge in [0.05, 0.1) is 0 Å². The second-order valence-electron chi connectivity index (χ2n) is 3.78. The predicted molar refractivity (Wildman–Crippen MR) is 67.4 cm³/mol. The quantitative estimate of drug-likeness (QED) is 0.792. The third-order valence-electron chi connectivity index (χ3n) is 2.74. The Morgan fingerprint density at radius 1 is 0.812 bits per heavy atom. The van der Waals surface area contributed by atoms with E-state index in [0.29, 0.717) is 5.92 Å². The summed E-state index contributed by atoms with van der Waals surface area (Å²) in [4.78, 5) is 0. The first-order valence-electron chi connectivity index (χ1n) is 5.45. The van der Waals surface area contributed by atoms with Gasteiger partial charge in [0.2, 0.25) is 0 Å². The number of benzene rings is 2. The predicted octanol–water partition coefficient (Wildman–Crippen LogP) is 3.02. The molecule has 0 fully saturated rings. The van der Waals surface area contributed by atoms with Crippen molar-refractivity contribution in [1.29, 1.82) is 0 Å². The van der Waals surface area contributed by atoms with Gasteiger partial charge in [-0.05, 0) is 0 Å². The van der Waals surface area contributed by atoms with Gasteiger partial charge >= 0.3 is 106 Å². The zero-order chi connectivity index (χ0) is 11.2. The second kappa shape index (κ2) is 5.94. The fourth-order valence-corrected chi connectivity index (χ4v) is 4.03. The third kappa shape index (κ3) is 2.79. The monoisotopic (exact) mass is 318 g/mol. The molecule has 0 aromatic heterocycles. The van der Waals surface area contributed by atoms with Crippen molar-refractivity contribution >= 4 is 21.1 Å². The van der Waals surface area contributed by atoms with E-state index < -0.39 is 21.1 Å². The van der Waals surface area contributed by atoms with Crippen molar-refractivity contribution in [2.45, 2.75) is 10.4 Å². The molecule has 0 unspecified atom stereocenters. The van der Waals surface area contributed by atoms with Gasteiger partial charge in [-0.15, -0.1) is 0 Å². The molecule has 0 amide bonds. The molecule has 0 aliphatic rings. The van der Waals surface area contributed by atoms with Crippen molar-refractivity contribution in [3.05, 3.63) is 71.8 Å². The summed E-state index contributed by atoms with van der Waals surface area (Å²) in [6.45, 7) is 0. The molecular weight excluding hydrogens is 303 g/mol. The molecule has 2 aromatic carbocycles. The molecule has 2 aromatic rings. The van der Waals surface area contributed by atoms with E-state index in [1.807, 2.05) is 36.4 Å². The molecule has 0 heterocycles. The van der Waals surface area contributed by atoms with Crippen LogP contribution in [0, 0.1) is 0 Å². The van der Waals surface area contributed by atoms with Crippen molar-refractivity contribution in [2.75, 3.05) is 0 Å². The van der Waals surface area contributed by atoms with Crippen molar-refractivity contribution < 1.29 is 3.08 Å². The van der Waals surface area contributed by atoms with E-state index in [4.69, 9.17) is 0 Å². The Kier molecular flexibility index (Phi) is 4.28. The molecule has 16 heavy (non-hydrogen) atoms. The first-order chi connectivity index (χ1) is 7.92. The van der Waals surface area contributed by atoms with Crippen LogP contribution >= 0.6 is 0 Å². The maximum atomic E-state index is 11.1. The Labute approximate surface area is 106 Å². The van der Waals surface area contributed by atoms with Gasteiger partial charge in [0.25, 0.3) is 0 Å². The molecule has 0 bridgehead atoms. The normalized spacial score (nSPS) is 10.3. The van der Waals surface area contributed by atoms with Crippen molar-refractivity contribution in [2.24, 2.45) is 0 Å². The van der Waals surface area contributed by atoms with E-state index in [1.54, 1.807) is 0 Å². The van der Waals surface area contributed by atoms with Crippen LogP contribution in [0.3, 0.4) is 0 Å². The molecular formula is C14H14OSn. The maximum absolute atomic E-state index is 11.1. The summed E-state index contributed by atoms with van der Waals surface area (Å²) in [5.41, 5.74) is 2.55. The molecule has 0 spiro atoms. The SMILES string of the molecule is [O]=[SnH][CH2]C(c1ccccc1)c1ccccc1. The fourth-order valence-electron chi connectivity index (χ4n) is 1.93. The summed E-state index contributed by atoms with van der Waals surface area (Å²) in [5.74, 6) is 0.320. The van der Waals surface area contributed by atoms with Gasteiger partial charge < -0.3 is 0 Å². The van der Waals surface area contributed by atoms with Crippen molar-refractivity contribution in [3.8, 4) is 0 Å². The minimum absolute atomic E-state index is 0.320. The Bertz CT molecular complexity index is 399. The summed E-state index contributed by atoms with van der Waals surface area (Å²) >= 11 is -1.59. The molecule has 2 rings (SSSR count). The molecule has 0 radical (unpaired) electrons. The fraction of sp³-hybridized carbons (Fsp3) is 0.143. The van der Waals surface area contributed by atoms with Crippen LogP contribution in [0.1, 0.15) is 17.0 Å². The van der Waals surface area contributed by atoms with Gasteiger partial charge in [0.1, 0.15) is 0 Å². The van der Waals surface area contributed by atoms with Gasteiger partial charge in [-0.3, -0.25) is 0 Å². The topological polar surface area (TPSA) is 17.1 Å². The molecule has 0 atom stereocenters. The first-order valence-corrected chi connectivity index (χ1v) is 9.13. The Morgan fingerprint density at radius 2 is 1.25 bits per heavy atom.